The molecule has 0 saturated carbocycles. The molecule has 0 unspecified atom stereocenters. The SMILES string of the molecule is Cc1n[nH]c(C)c1S(=O)(=O)NCCC(=N)N. The quantitative estimate of drug-likeness (QED) is 0.417. The minimum atomic E-state index is -3.57. The van der Waals surface area contributed by atoms with Crippen molar-refractivity contribution in [2.75, 3.05) is 6.54 Å². The van der Waals surface area contributed by atoms with Gasteiger partial charge in [-0.3, -0.25) is 10.5 Å². The molecule has 0 atom stereocenters. The minimum Gasteiger partial charge on any atom is -0.388 e. The van der Waals surface area contributed by atoms with E-state index in [0.29, 0.717) is 11.4 Å². The molecule has 16 heavy (non-hydrogen) atoms. The van der Waals surface area contributed by atoms with Crippen molar-refractivity contribution in [3.8, 4) is 0 Å². The average molecular weight is 245 g/mol. The van der Waals surface area contributed by atoms with Crippen LogP contribution < -0.4 is 10.5 Å². The van der Waals surface area contributed by atoms with Crippen LogP contribution in [0.2, 0.25) is 0 Å². The summed E-state index contributed by atoms with van der Waals surface area (Å²) in [6.45, 7) is 3.37. The zero-order valence-electron chi connectivity index (χ0n) is 9.16. The van der Waals surface area contributed by atoms with E-state index >= 15 is 0 Å². The first-order chi connectivity index (χ1) is 7.34. The molecule has 0 spiro atoms. The van der Waals surface area contributed by atoms with Crippen LogP contribution in [-0.4, -0.2) is 31.0 Å². The molecule has 0 bridgehead atoms. The maximum absolute atomic E-state index is 11.8. The van der Waals surface area contributed by atoms with Gasteiger partial charge in [-0.05, 0) is 13.8 Å². The van der Waals surface area contributed by atoms with Gasteiger partial charge in [0.1, 0.15) is 4.90 Å². The molecule has 8 heteroatoms. The summed E-state index contributed by atoms with van der Waals surface area (Å²) >= 11 is 0. The van der Waals surface area contributed by atoms with Crippen LogP contribution >= 0.6 is 0 Å². The van der Waals surface area contributed by atoms with E-state index in [4.69, 9.17) is 11.1 Å². The maximum Gasteiger partial charge on any atom is 0.244 e. The summed E-state index contributed by atoms with van der Waals surface area (Å²) in [6, 6.07) is 0. The Balaban J connectivity index is 2.83. The van der Waals surface area contributed by atoms with E-state index in [1.165, 1.54) is 0 Å². The molecule has 0 saturated heterocycles. The lowest BCUT2D eigenvalue weighted by molar-refractivity contribution is 0.581. The van der Waals surface area contributed by atoms with Gasteiger partial charge in [-0.1, -0.05) is 0 Å². The van der Waals surface area contributed by atoms with Crippen LogP contribution in [0, 0.1) is 19.3 Å². The van der Waals surface area contributed by atoms with Gasteiger partial charge < -0.3 is 5.73 Å². The van der Waals surface area contributed by atoms with Crippen LogP contribution in [0.25, 0.3) is 0 Å². The zero-order chi connectivity index (χ0) is 12.3. The normalized spacial score (nSPS) is 11.6. The van der Waals surface area contributed by atoms with E-state index in [2.05, 4.69) is 14.9 Å². The fourth-order valence-corrected chi connectivity index (χ4v) is 2.73. The predicted octanol–water partition coefficient (Wildman–Crippen LogP) is -0.369. The number of hydrogen-bond acceptors (Lipinski definition) is 4. The molecule has 5 N–H and O–H groups in total. The van der Waals surface area contributed by atoms with Crippen molar-refractivity contribution in [1.82, 2.24) is 14.9 Å². The molecule has 0 aromatic carbocycles. The number of rotatable bonds is 5. The van der Waals surface area contributed by atoms with Crippen LogP contribution in [0.4, 0.5) is 0 Å². The first kappa shape index (κ1) is 12.7. The van der Waals surface area contributed by atoms with Crippen molar-refractivity contribution in [1.29, 1.82) is 5.41 Å². The Morgan fingerprint density at radius 3 is 2.62 bits per heavy atom. The summed E-state index contributed by atoms with van der Waals surface area (Å²) in [5, 5.41) is 13.4. The van der Waals surface area contributed by atoms with Gasteiger partial charge in [0.05, 0.1) is 17.2 Å². The number of nitrogens with one attached hydrogen (secondary N) is 3. The Bertz CT molecular complexity index is 471. The van der Waals surface area contributed by atoms with Crippen LogP contribution in [0.1, 0.15) is 17.8 Å². The van der Waals surface area contributed by atoms with Crippen molar-refractivity contribution in [3.63, 3.8) is 0 Å². The highest BCUT2D eigenvalue weighted by atomic mass is 32.2. The first-order valence-electron chi connectivity index (χ1n) is 4.68. The van der Waals surface area contributed by atoms with E-state index in [-0.39, 0.29) is 23.7 Å². The third-order valence-electron chi connectivity index (χ3n) is 2.02. The third kappa shape index (κ3) is 2.80. The predicted molar refractivity (Wildman–Crippen MR) is 59.8 cm³/mol. The van der Waals surface area contributed by atoms with Gasteiger partial charge >= 0.3 is 0 Å². The lowest BCUT2D eigenvalue weighted by atomic mass is 10.4. The molecular formula is C8H15N5O2S. The Kier molecular flexibility index (Phi) is 3.66. The number of aryl methyl sites for hydroxylation is 2. The highest BCUT2D eigenvalue weighted by molar-refractivity contribution is 7.89. The second kappa shape index (κ2) is 4.62. The molecule has 0 aliphatic heterocycles. The highest BCUT2D eigenvalue weighted by Crippen LogP contribution is 2.15. The fourth-order valence-electron chi connectivity index (χ4n) is 1.33. The Labute approximate surface area is 94.0 Å². The fraction of sp³-hybridized carbons (Fsp3) is 0.500. The molecule has 1 rings (SSSR count). The molecule has 1 aromatic heterocycles. The van der Waals surface area contributed by atoms with Crippen molar-refractivity contribution in [2.24, 2.45) is 5.73 Å². The van der Waals surface area contributed by atoms with E-state index in [0.717, 1.165) is 0 Å². The Hall–Kier alpha value is -1.41. The lowest BCUT2D eigenvalue weighted by Gasteiger charge is -2.05. The van der Waals surface area contributed by atoms with Gasteiger partial charge in [0.25, 0.3) is 0 Å². The summed E-state index contributed by atoms with van der Waals surface area (Å²) < 4.78 is 26.0. The number of nitrogens with zero attached hydrogens (tertiary/aromatic N) is 1. The Morgan fingerprint density at radius 1 is 1.56 bits per heavy atom. The summed E-state index contributed by atoms with van der Waals surface area (Å²) in [5.41, 5.74) is 6.05. The number of hydrogen-bond donors (Lipinski definition) is 4. The molecule has 0 aliphatic carbocycles. The zero-order valence-corrected chi connectivity index (χ0v) is 9.98. The smallest absolute Gasteiger partial charge is 0.244 e. The molecule has 0 fully saturated rings. The van der Waals surface area contributed by atoms with Crippen LogP contribution in [0.5, 0.6) is 0 Å². The number of amidine groups is 1. The lowest BCUT2D eigenvalue weighted by Crippen LogP contribution is -2.28. The number of aromatic amines is 1. The monoisotopic (exact) mass is 245 g/mol. The molecule has 0 radical (unpaired) electrons. The molecule has 7 nitrogen and oxygen atoms in total. The number of sulfonamides is 1. The Morgan fingerprint density at radius 2 is 2.19 bits per heavy atom. The van der Waals surface area contributed by atoms with Crippen molar-refractivity contribution >= 4 is 15.9 Å². The first-order valence-corrected chi connectivity index (χ1v) is 6.17. The van der Waals surface area contributed by atoms with Crippen LogP contribution in [0.15, 0.2) is 4.90 Å². The van der Waals surface area contributed by atoms with Crippen molar-refractivity contribution in [2.45, 2.75) is 25.2 Å². The van der Waals surface area contributed by atoms with E-state index in [1.54, 1.807) is 13.8 Å². The topological polar surface area (TPSA) is 125 Å². The minimum absolute atomic E-state index is 0.0525. The second-order valence-electron chi connectivity index (χ2n) is 3.44. The maximum atomic E-state index is 11.8. The largest absolute Gasteiger partial charge is 0.388 e. The summed E-state index contributed by atoms with van der Waals surface area (Å²) in [6.07, 6.45) is 0.190. The second-order valence-corrected chi connectivity index (χ2v) is 5.14. The van der Waals surface area contributed by atoms with Crippen molar-refractivity contribution < 1.29 is 8.42 Å². The molecule has 0 aliphatic rings. The number of nitrogens with two attached hydrogens (primary N) is 1. The summed E-state index contributed by atoms with van der Waals surface area (Å²) in [5.74, 6) is -0.0525. The highest BCUT2D eigenvalue weighted by Gasteiger charge is 2.21. The van der Waals surface area contributed by atoms with Crippen molar-refractivity contribution in [3.05, 3.63) is 11.4 Å². The van der Waals surface area contributed by atoms with Gasteiger partial charge in [-0.15, -0.1) is 0 Å². The standard InChI is InChI=1S/C8H15N5O2S/c1-5-8(6(2)13-12-5)16(14,15)11-4-3-7(9)10/h11H,3-4H2,1-2H3,(H3,9,10)(H,12,13). The van der Waals surface area contributed by atoms with Crippen LogP contribution in [0.3, 0.4) is 0 Å². The van der Waals surface area contributed by atoms with E-state index in [1.807, 2.05) is 0 Å². The van der Waals surface area contributed by atoms with Gasteiger partial charge in [-0.2, -0.15) is 5.10 Å². The van der Waals surface area contributed by atoms with Crippen LogP contribution in [-0.2, 0) is 10.0 Å². The molecule has 1 heterocycles. The molecule has 0 amide bonds. The summed E-state index contributed by atoms with van der Waals surface area (Å²) in [7, 11) is -3.57. The molecular weight excluding hydrogens is 230 g/mol. The van der Waals surface area contributed by atoms with Gasteiger partial charge in [0, 0.05) is 13.0 Å². The average Bonchev–Trinajstić information content (AvgIpc) is 2.45. The van der Waals surface area contributed by atoms with Gasteiger partial charge in [-0.25, -0.2) is 13.1 Å². The van der Waals surface area contributed by atoms with E-state index < -0.39 is 10.0 Å². The van der Waals surface area contributed by atoms with Gasteiger partial charge in [0.15, 0.2) is 0 Å². The van der Waals surface area contributed by atoms with E-state index in [9.17, 15) is 8.42 Å². The third-order valence-corrected chi connectivity index (χ3v) is 3.74. The molecule has 1 aromatic rings. The molecule has 90 valence electrons. The van der Waals surface area contributed by atoms with Gasteiger partial charge in [0.2, 0.25) is 10.0 Å². The summed E-state index contributed by atoms with van der Waals surface area (Å²) in [4.78, 5) is 0.163. The number of H-pyrrole nitrogens is 1. The number of aromatic nitrogens is 2.